The molecule has 0 aliphatic carbocycles. The summed E-state index contributed by atoms with van der Waals surface area (Å²) in [5.74, 6) is -1.18. The summed E-state index contributed by atoms with van der Waals surface area (Å²) in [6.07, 6.45) is 4.17. The maximum absolute atomic E-state index is 11.7. The van der Waals surface area contributed by atoms with E-state index >= 15 is 0 Å². The second-order valence-electron chi connectivity index (χ2n) is 4.45. The van der Waals surface area contributed by atoms with Crippen LogP contribution in [0.5, 0.6) is 11.5 Å². The van der Waals surface area contributed by atoms with Crippen LogP contribution in [-0.2, 0) is 4.79 Å². The van der Waals surface area contributed by atoms with Gasteiger partial charge in [0.1, 0.15) is 11.5 Å². The van der Waals surface area contributed by atoms with Crippen molar-refractivity contribution in [2.75, 3.05) is 6.54 Å². The average molecular weight is 314 g/mol. The summed E-state index contributed by atoms with van der Waals surface area (Å²) in [6, 6.07) is 7.01. The predicted octanol–water partition coefficient (Wildman–Crippen LogP) is 0.373. The maximum Gasteiger partial charge on any atom is 0.259 e. The number of hydrazone groups is 1. The molecule has 4 N–H and O–H groups in total. The molecule has 0 radical (unpaired) electrons. The van der Waals surface area contributed by atoms with E-state index in [9.17, 15) is 14.7 Å². The highest BCUT2D eigenvalue weighted by Crippen LogP contribution is 2.20. The largest absolute Gasteiger partial charge is 0.508 e. The molecule has 1 aromatic carbocycles. The van der Waals surface area contributed by atoms with Gasteiger partial charge in [-0.2, -0.15) is 5.10 Å². The molecule has 2 rings (SSSR count). The van der Waals surface area contributed by atoms with Gasteiger partial charge in [0.2, 0.25) is 0 Å². The van der Waals surface area contributed by atoms with E-state index in [1.807, 2.05) is 0 Å². The van der Waals surface area contributed by atoms with Gasteiger partial charge in [-0.1, -0.05) is 0 Å². The molecule has 0 saturated carbocycles. The molecule has 23 heavy (non-hydrogen) atoms. The number of amides is 2. The molecule has 0 spiro atoms. The number of carbonyl (C=O) groups is 2. The molecule has 2 aromatic rings. The second kappa shape index (κ2) is 7.55. The molecule has 0 aliphatic heterocycles. The van der Waals surface area contributed by atoms with Crippen LogP contribution in [0.4, 0.5) is 0 Å². The molecular weight excluding hydrogens is 300 g/mol. The number of phenols is 2. The zero-order valence-corrected chi connectivity index (χ0v) is 11.9. The highest BCUT2D eigenvalue weighted by atomic mass is 16.3. The van der Waals surface area contributed by atoms with Gasteiger partial charge in [0.15, 0.2) is 0 Å². The van der Waals surface area contributed by atoms with Crippen molar-refractivity contribution in [2.24, 2.45) is 5.10 Å². The molecular formula is C15H14N4O4. The average Bonchev–Trinajstić information content (AvgIpc) is 2.55. The Morgan fingerprint density at radius 3 is 2.61 bits per heavy atom. The van der Waals surface area contributed by atoms with Crippen molar-refractivity contribution in [1.82, 2.24) is 15.7 Å². The Balaban J connectivity index is 1.81. The number of carbonyl (C=O) groups excluding carboxylic acids is 2. The van der Waals surface area contributed by atoms with Gasteiger partial charge in [-0.15, -0.1) is 0 Å². The molecule has 0 saturated heterocycles. The van der Waals surface area contributed by atoms with Gasteiger partial charge >= 0.3 is 0 Å². The molecule has 118 valence electrons. The van der Waals surface area contributed by atoms with Crippen LogP contribution in [0.3, 0.4) is 0 Å². The number of phenolic OH excluding ortho intramolecular Hbond substituents is 2. The van der Waals surface area contributed by atoms with Crippen LogP contribution in [0.2, 0.25) is 0 Å². The minimum absolute atomic E-state index is 0.0810. The summed E-state index contributed by atoms with van der Waals surface area (Å²) in [6.45, 7) is -0.250. The topological polar surface area (TPSA) is 124 Å². The quantitative estimate of drug-likeness (QED) is 0.469. The fourth-order valence-corrected chi connectivity index (χ4v) is 1.62. The molecule has 0 atom stereocenters. The monoisotopic (exact) mass is 314 g/mol. The third-order valence-corrected chi connectivity index (χ3v) is 2.76. The lowest BCUT2D eigenvalue weighted by Crippen LogP contribution is -2.34. The van der Waals surface area contributed by atoms with Crippen LogP contribution >= 0.6 is 0 Å². The van der Waals surface area contributed by atoms with Crippen LogP contribution in [0.15, 0.2) is 47.8 Å². The van der Waals surface area contributed by atoms with Crippen LogP contribution in [-0.4, -0.2) is 39.8 Å². The number of nitrogens with one attached hydrogen (secondary N) is 2. The molecule has 0 unspecified atom stereocenters. The first-order valence-corrected chi connectivity index (χ1v) is 6.58. The zero-order chi connectivity index (χ0) is 16.7. The zero-order valence-electron chi connectivity index (χ0n) is 11.9. The molecule has 2 amide bonds. The fourth-order valence-electron chi connectivity index (χ4n) is 1.62. The van der Waals surface area contributed by atoms with E-state index in [-0.39, 0.29) is 18.0 Å². The van der Waals surface area contributed by atoms with Gasteiger partial charge < -0.3 is 15.5 Å². The molecule has 8 nitrogen and oxygen atoms in total. The number of hydrogen-bond acceptors (Lipinski definition) is 6. The first kappa shape index (κ1) is 16.0. The lowest BCUT2D eigenvalue weighted by molar-refractivity contribution is -0.120. The maximum atomic E-state index is 11.7. The number of aromatic nitrogens is 1. The van der Waals surface area contributed by atoms with E-state index in [1.165, 1.54) is 42.9 Å². The highest BCUT2D eigenvalue weighted by molar-refractivity contribution is 5.96. The summed E-state index contributed by atoms with van der Waals surface area (Å²) in [5, 5.41) is 24.8. The number of rotatable bonds is 5. The normalized spacial score (nSPS) is 10.4. The first-order chi connectivity index (χ1) is 11.1. The molecule has 1 heterocycles. The Kier molecular flexibility index (Phi) is 5.24. The Morgan fingerprint density at radius 2 is 1.91 bits per heavy atom. The SMILES string of the molecule is O=C(CNC(=O)c1ccncc1)N/N=C/c1ccc(O)cc1O. The van der Waals surface area contributed by atoms with Crippen molar-refractivity contribution in [3.8, 4) is 11.5 Å². The Bertz CT molecular complexity index is 732. The Morgan fingerprint density at radius 1 is 1.17 bits per heavy atom. The molecule has 0 aliphatic rings. The van der Waals surface area contributed by atoms with E-state index in [1.54, 1.807) is 0 Å². The molecule has 1 aromatic heterocycles. The first-order valence-electron chi connectivity index (χ1n) is 6.58. The third kappa shape index (κ3) is 4.81. The van der Waals surface area contributed by atoms with Crippen LogP contribution in [0.25, 0.3) is 0 Å². The lowest BCUT2D eigenvalue weighted by Gasteiger charge is -2.04. The summed E-state index contributed by atoms with van der Waals surface area (Å²) in [5.41, 5.74) is 2.93. The lowest BCUT2D eigenvalue weighted by atomic mass is 10.2. The summed E-state index contributed by atoms with van der Waals surface area (Å²) >= 11 is 0. The van der Waals surface area contributed by atoms with Crippen LogP contribution < -0.4 is 10.7 Å². The van der Waals surface area contributed by atoms with Gasteiger partial charge in [-0.05, 0) is 24.3 Å². The van der Waals surface area contributed by atoms with Gasteiger partial charge in [-0.3, -0.25) is 14.6 Å². The van der Waals surface area contributed by atoms with Crippen molar-refractivity contribution in [3.05, 3.63) is 53.9 Å². The molecule has 0 bridgehead atoms. The van der Waals surface area contributed by atoms with Crippen molar-refractivity contribution in [1.29, 1.82) is 0 Å². The number of nitrogens with zero attached hydrogens (tertiary/aromatic N) is 2. The standard InChI is InChI=1S/C15H14N4O4/c20-12-2-1-11(13(21)7-12)8-18-19-14(22)9-17-15(23)10-3-5-16-6-4-10/h1-8,20-21H,9H2,(H,17,23)(H,19,22)/b18-8+. The third-order valence-electron chi connectivity index (χ3n) is 2.76. The Hall–Kier alpha value is -3.42. The van der Waals surface area contributed by atoms with E-state index in [0.29, 0.717) is 11.1 Å². The second-order valence-corrected chi connectivity index (χ2v) is 4.45. The number of pyridine rings is 1. The van der Waals surface area contributed by atoms with E-state index in [2.05, 4.69) is 20.8 Å². The minimum Gasteiger partial charge on any atom is -0.508 e. The minimum atomic E-state index is -0.526. The number of aromatic hydroxyl groups is 2. The summed E-state index contributed by atoms with van der Waals surface area (Å²) in [4.78, 5) is 27.1. The van der Waals surface area contributed by atoms with Crippen molar-refractivity contribution in [2.45, 2.75) is 0 Å². The van der Waals surface area contributed by atoms with Gasteiger partial charge in [0, 0.05) is 29.6 Å². The van der Waals surface area contributed by atoms with Crippen LogP contribution in [0.1, 0.15) is 15.9 Å². The molecule has 8 heteroatoms. The fraction of sp³-hybridized carbons (Fsp3) is 0.0667. The summed E-state index contributed by atoms with van der Waals surface area (Å²) < 4.78 is 0. The number of hydrogen-bond donors (Lipinski definition) is 4. The highest BCUT2D eigenvalue weighted by Gasteiger charge is 2.07. The van der Waals surface area contributed by atoms with E-state index in [4.69, 9.17) is 5.11 Å². The summed E-state index contributed by atoms with van der Waals surface area (Å²) in [7, 11) is 0. The van der Waals surface area contributed by atoms with E-state index in [0.717, 1.165) is 6.07 Å². The van der Waals surface area contributed by atoms with Gasteiger partial charge in [0.25, 0.3) is 11.8 Å². The smallest absolute Gasteiger partial charge is 0.259 e. The van der Waals surface area contributed by atoms with Crippen molar-refractivity contribution in [3.63, 3.8) is 0 Å². The number of benzene rings is 1. The van der Waals surface area contributed by atoms with Crippen molar-refractivity contribution < 1.29 is 19.8 Å². The van der Waals surface area contributed by atoms with E-state index < -0.39 is 11.8 Å². The van der Waals surface area contributed by atoms with Gasteiger partial charge in [-0.25, -0.2) is 5.43 Å². The van der Waals surface area contributed by atoms with Crippen LogP contribution in [0, 0.1) is 0 Å². The predicted molar refractivity (Wildman–Crippen MR) is 82.1 cm³/mol. The van der Waals surface area contributed by atoms with Gasteiger partial charge in [0.05, 0.1) is 12.8 Å². The molecule has 0 fully saturated rings. The van der Waals surface area contributed by atoms with Crippen molar-refractivity contribution >= 4 is 18.0 Å². The Labute approximate surface area is 131 Å².